The third kappa shape index (κ3) is 6.89. The van der Waals surface area contributed by atoms with Gasteiger partial charge in [0.15, 0.2) is 5.11 Å². The van der Waals surface area contributed by atoms with Gasteiger partial charge in [0.2, 0.25) is 15.0 Å². The molecule has 0 aliphatic carbocycles. The largest absolute Gasteiger partial charge is 0.467 e. The lowest BCUT2D eigenvalue weighted by Gasteiger charge is -2.27. The Morgan fingerprint density at radius 2 is 1.97 bits per heavy atom. The Morgan fingerprint density at radius 3 is 2.61 bits per heavy atom. The van der Waals surface area contributed by atoms with Crippen LogP contribution in [0.4, 0.5) is 0 Å². The zero-order chi connectivity index (χ0) is 23.8. The number of thiocarbonyl (C=S) groups is 1. The van der Waals surface area contributed by atoms with Gasteiger partial charge < -0.3 is 23.9 Å². The van der Waals surface area contributed by atoms with E-state index >= 15 is 0 Å². The van der Waals surface area contributed by atoms with Crippen molar-refractivity contribution in [2.45, 2.75) is 50.4 Å². The van der Waals surface area contributed by atoms with Crippen LogP contribution in [0.3, 0.4) is 0 Å². The molecule has 0 aliphatic heterocycles. The third-order valence-corrected chi connectivity index (χ3v) is 6.85. The summed E-state index contributed by atoms with van der Waals surface area (Å²) in [6.45, 7) is 5.52. The van der Waals surface area contributed by atoms with Crippen LogP contribution < -0.4 is 5.32 Å². The van der Waals surface area contributed by atoms with Crippen molar-refractivity contribution in [3.05, 3.63) is 71.9 Å². The molecular weight excluding hydrogens is 460 g/mol. The lowest BCUT2D eigenvalue weighted by Crippen LogP contribution is -2.42. The van der Waals surface area contributed by atoms with Crippen molar-refractivity contribution >= 4 is 27.2 Å². The van der Waals surface area contributed by atoms with Crippen LogP contribution in [-0.4, -0.2) is 47.7 Å². The smallest absolute Gasteiger partial charge is 0.228 e. The van der Waals surface area contributed by atoms with E-state index in [9.17, 15) is 8.42 Å². The van der Waals surface area contributed by atoms with Gasteiger partial charge in [-0.15, -0.1) is 0 Å². The number of hydrogen-bond acceptors (Lipinski definition) is 6. The molecule has 0 unspecified atom stereocenters. The van der Waals surface area contributed by atoms with Gasteiger partial charge in [0.05, 0.1) is 43.6 Å². The van der Waals surface area contributed by atoms with Gasteiger partial charge in [0, 0.05) is 19.7 Å². The molecule has 0 fully saturated rings. The third-order valence-electron chi connectivity index (χ3n) is 4.88. The van der Waals surface area contributed by atoms with Crippen molar-refractivity contribution in [3.63, 3.8) is 0 Å². The number of rotatable bonds is 11. The number of nitrogens with one attached hydrogen (secondary N) is 1. The number of ether oxygens (including phenoxy) is 1. The van der Waals surface area contributed by atoms with Crippen molar-refractivity contribution in [3.8, 4) is 0 Å². The number of furan rings is 1. The minimum absolute atomic E-state index is 0.0269. The summed E-state index contributed by atoms with van der Waals surface area (Å²) in [5.41, 5.74) is 1.43. The molecule has 2 heterocycles. The van der Waals surface area contributed by atoms with Crippen molar-refractivity contribution in [2.24, 2.45) is 0 Å². The van der Waals surface area contributed by atoms with Gasteiger partial charge in [-0.25, -0.2) is 13.4 Å². The average molecular weight is 491 g/mol. The minimum atomic E-state index is -3.67. The van der Waals surface area contributed by atoms with Crippen LogP contribution in [0.15, 0.2) is 64.5 Å². The van der Waals surface area contributed by atoms with E-state index in [-0.39, 0.29) is 17.0 Å². The van der Waals surface area contributed by atoms with E-state index in [1.165, 1.54) is 0 Å². The first-order chi connectivity index (χ1) is 15.8. The molecule has 1 aromatic carbocycles. The molecule has 0 aliphatic rings. The van der Waals surface area contributed by atoms with Crippen LogP contribution >= 0.6 is 12.2 Å². The molecule has 3 rings (SSSR count). The molecule has 0 spiro atoms. The number of sulfone groups is 1. The maximum absolute atomic E-state index is 13.2. The first kappa shape index (κ1) is 24.9. The SMILES string of the molecule is COCCn1c(CN(Cc2ccco2)C(=S)NC(C)C)cnc1S(=O)(=O)Cc1ccccc1. The molecule has 8 nitrogen and oxygen atoms in total. The van der Waals surface area contributed by atoms with Gasteiger partial charge in [-0.05, 0) is 43.8 Å². The van der Waals surface area contributed by atoms with E-state index < -0.39 is 9.84 Å². The molecule has 0 amide bonds. The summed E-state index contributed by atoms with van der Waals surface area (Å²) in [6, 6.07) is 12.9. The summed E-state index contributed by atoms with van der Waals surface area (Å²) in [5, 5.41) is 3.83. The average Bonchev–Trinajstić information content (AvgIpc) is 3.42. The van der Waals surface area contributed by atoms with Crippen LogP contribution in [0.5, 0.6) is 0 Å². The molecule has 2 aromatic heterocycles. The molecule has 0 saturated heterocycles. The van der Waals surface area contributed by atoms with Gasteiger partial charge in [0.1, 0.15) is 5.76 Å². The topological polar surface area (TPSA) is 89.6 Å². The molecule has 0 bridgehead atoms. The van der Waals surface area contributed by atoms with Crippen LogP contribution in [0.25, 0.3) is 0 Å². The number of nitrogens with zero attached hydrogens (tertiary/aromatic N) is 3. The standard InChI is InChI=1S/C23H30N4O4S2/c1-18(2)25-22(32)26(16-21-10-7-12-31-21)15-20-14-24-23(27(20)11-13-30-3)33(28,29)17-19-8-5-4-6-9-19/h4-10,12,14,18H,11,13,15-17H2,1-3H3,(H,25,32). The molecule has 0 atom stereocenters. The van der Waals surface area contributed by atoms with E-state index in [4.69, 9.17) is 21.4 Å². The molecule has 0 radical (unpaired) electrons. The summed E-state index contributed by atoms with van der Waals surface area (Å²) >= 11 is 5.62. The summed E-state index contributed by atoms with van der Waals surface area (Å²) in [6.07, 6.45) is 3.21. The molecule has 1 N–H and O–H groups in total. The van der Waals surface area contributed by atoms with Crippen LogP contribution in [0.1, 0.15) is 30.9 Å². The number of imidazole rings is 1. The molecule has 10 heteroatoms. The van der Waals surface area contributed by atoms with Crippen molar-refractivity contribution in [2.75, 3.05) is 13.7 Å². The fraction of sp³-hybridized carbons (Fsp3) is 0.391. The normalized spacial score (nSPS) is 11.6. The Labute approximate surface area is 200 Å². The van der Waals surface area contributed by atoms with Crippen LogP contribution in [-0.2, 0) is 40.0 Å². The zero-order valence-corrected chi connectivity index (χ0v) is 20.7. The zero-order valence-electron chi connectivity index (χ0n) is 19.1. The Balaban J connectivity index is 1.91. The lowest BCUT2D eigenvalue weighted by molar-refractivity contribution is 0.182. The number of aromatic nitrogens is 2. The summed E-state index contributed by atoms with van der Waals surface area (Å²) < 4.78 is 38.9. The fourth-order valence-electron chi connectivity index (χ4n) is 3.37. The highest BCUT2D eigenvalue weighted by atomic mass is 32.2. The highest BCUT2D eigenvalue weighted by molar-refractivity contribution is 7.90. The van der Waals surface area contributed by atoms with Crippen LogP contribution in [0, 0.1) is 0 Å². The highest BCUT2D eigenvalue weighted by Gasteiger charge is 2.25. The first-order valence-corrected chi connectivity index (χ1v) is 12.7. The minimum Gasteiger partial charge on any atom is -0.467 e. The summed E-state index contributed by atoms with van der Waals surface area (Å²) in [5.74, 6) is 0.628. The van der Waals surface area contributed by atoms with Gasteiger partial charge in [-0.2, -0.15) is 0 Å². The van der Waals surface area contributed by atoms with Crippen molar-refractivity contribution < 1.29 is 17.6 Å². The van der Waals surface area contributed by atoms with Gasteiger partial charge >= 0.3 is 0 Å². The predicted octanol–water partition coefficient (Wildman–Crippen LogP) is 3.38. The maximum Gasteiger partial charge on any atom is 0.228 e. The molecule has 3 aromatic rings. The second-order valence-electron chi connectivity index (χ2n) is 7.96. The van der Waals surface area contributed by atoms with E-state index in [1.807, 2.05) is 49.1 Å². The Bertz CT molecular complexity index is 1130. The number of hydrogen-bond donors (Lipinski definition) is 1. The number of methoxy groups -OCH3 is 1. The molecule has 178 valence electrons. The van der Waals surface area contributed by atoms with Gasteiger partial charge in [-0.1, -0.05) is 30.3 Å². The van der Waals surface area contributed by atoms with Crippen molar-refractivity contribution in [1.82, 2.24) is 19.8 Å². The predicted molar refractivity (Wildman–Crippen MR) is 130 cm³/mol. The first-order valence-electron chi connectivity index (χ1n) is 10.7. The molecule has 0 saturated carbocycles. The Hall–Kier alpha value is -2.69. The van der Waals surface area contributed by atoms with Gasteiger partial charge in [-0.3, -0.25) is 0 Å². The monoisotopic (exact) mass is 490 g/mol. The second kappa shape index (κ2) is 11.4. The van der Waals surface area contributed by atoms with Crippen LogP contribution in [0.2, 0.25) is 0 Å². The van der Waals surface area contributed by atoms with E-state index in [0.29, 0.717) is 36.9 Å². The quantitative estimate of drug-likeness (QED) is 0.409. The summed E-state index contributed by atoms with van der Waals surface area (Å²) in [4.78, 5) is 6.25. The van der Waals surface area contributed by atoms with Crippen molar-refractivity contribution in [1.29, 1.82) is 0 Å². The molecular formula is C23H30N4O4S2. The molecule has 33 heavy (non-hydrogen) atoms. The lowest BCUT2D eigenvalue weighted by atomic mass is 10.2. The van der Waals surface area contributed by atoms with E-state index in [2.05, 4.69) is 10.3 Å². The number of benzene rings is 1. The highest BCUT2D eigenvalue weighted by Crippen LogP contribution is 2.20. The van der Waals surface area contributed by atoms with E-state index in [0.717, 1.165) is 11.5 Å². The maximum atomic E-state index is 13.2. The summed E-state index contributed by atoms with van der Waals surface area (Å²) in [7, 11) is -2.08. The Morgan fingerprint density at radius 1 is 1.21 bits per heavy atom. The fourth-order valence-corrected chi connectivity index (χ4v) is 5.25. The Kier molecular flexibility index (Phi) is 8.65. The van der Waals surface area contributed by atoms with Gasteiger partial charge in [0.25, 0.3) is 0 Å². The van der Waals surface area contributed by atoms with E-state index in [1.54, 1.807) is 36.3 Å². The second-order valence-corrected chi connectivity index (χ2v) is 10.2.